The molecule has 2 unspecified atom stereocenters. The van der Waals surface area contributed by atoms with E-state index in [1.54, 1.807) is 0 Å². The van der Waals surface area contributed by atoms with Crippen LogP contribution in [0.2, 0.25) is 0 Å². The number of hydrogen-bond donors (Lipinski definition) is 2. The SMILES string of the molecule is COC1(C)CC(O)(C(F)(F)F)NC(C)=N1. The van der Waals surface area contributed by atoms with Gasteiger partial charge in [-0.2, -0.15) is 13.2 Å². The molecule has 1 aliphatic heterocycles. The number of aliphatic imine (C=N–C) groups is 1. The lowest BCUT2D eigenvalue weighted by Gasteiger charge is -2.41. The molecular weight excluding hydrogens is 213 g/mol. The summed E-state index contributed by atoms with van der Waals surface area (Å²) < 4.78 is 42.5. The molecule has 0 amide bonds. The van der Waals surface area contributed by atoms with Gasteiger partial charge in [-0.1, -0.05) is 0 Å². The summed E-state index contributed by atoms with van der Waals surface area (Å²) >= 11 is 0. The molecule has 0 aromatic carbocycles. The molecule has 2 N–H and O–H groups in total. The Bertz CT molecular complexity index is 292. The summed E-state index contributed by atoms with van der Waals surface area (Å²) in [4.78, 5) is 3.86. The number of halogens is 3. The predicted molar refractivity (Wildman–Crippen MR) is 47.3 cm³/mol. The number of methoxy groups -OCH3 is 1. The average molecular weight is 226 g/mol. The van der Waals surface area contributed by atoms with Crippen LogP contribution in [0.3, 0.4) is 0 Å². The summed E-state index contributed by atoms with van der Waals surface area (Å²) in [7, 11) is 1.25. The zero-order valence-electron chi connectivity index (χ0n) is 8.64. The molecule has 0 fully saturated rings. The molecule has 1 aliphatic rings. The fraction of sp³-hybridized carbons (Fsp3) is 0.875. The van der Waals surface area contributed by atoms with Crippen LogP contribution in [0.1, 0.15) is 20.3 Å². The molecule has 7 heteroatoms. The van der Waals surface area contributed by atoms with Gasteiger partial charge in [0.05, 0.1) is 12.3 Å². The van der Waals surface area contributed by atoms with E-state index in [1.165, 1.54) is 21.0 Å². The van der Waals surface area contributed by atoms with E-state index < -0.39 is 24.0 Å². The van der Waals surface area contributed by atoms with Crippen LogP contribution in [0.5, 0.6) is 0 Å². The quantitative estimate of drug-likeness (QED) is 0.701. The standard InChI is InChI=1S/C8H13F3N2O2/c1-5-12-6(2,15-3)4-7(14,13-5)8(9,10)11/h14H,4H2,1-3H3,(H,12,13). The van der Waals surface area contributed by atoms with Gasteiger partial charge in [0.2, 0.25) is 5.72 Å². The maximum absolute atomic E-state index is 12.6. The number of rotatable bonds is 1. The second-order valence-electron chi connectivity index (χ2n) is 3.74. The fourth-order valence-corrected chi connectivity index (χ4v) is 1.53. The van der Waals surface area contributed by atoms with Crippen molar-refractivity contribution in [3.63, 3.8) is 0 Å². The Labute approximate surface area is 85.1 Å². The van der Waals surface area contributed by atoms with Crippen LogP contribution in [0.15, 0.2) is 4.99 Å². The number of hydrogen-bond acceptors (Lipinski definition) is 4. The molecule has 0 radical (unpaired) electrons. The van der Waals surface area contributed by atoms with Crippen LogP contribution in [0.25, 0.3) is 0 Å². The second-order valence-corrected chi connectivity index (χ2v) is 3.74. The van der Waals surface area contributed by atoms with Gasteiger partial charge in [-0.05, 0) is 13.8 Å². The van der Waals surface area contributed by atoms with E-state index in [-0.39, 0.29) is 5.84 Å². The molecule has 1 heterocycles. The van der Waals surface area contributed by atoms with Gasteiger partial charge in [0.25, 0.3) is 0 Å². The maximum atomic E-state index is 12.6. The van der Waals surface area contributed by atoms with E-state index >= 15 is 0 Å². The molecule has 0 saturated carbocycles. The highest BCUT2D eigenvalue weighted by Gasteiger charge is 2.59. The summed E-state index contributed by atoms with van der Waals surface area (Å²) in [6.07, 6.45) is -5.46. The van der Waals surface area contributed by atoms with E-state index in [1.807, 2.05) is 5.32 Å². The molecule has 0 aromatic rings. The van der Waals surface area contributed by atoms with Crippen molar-refractivity contribution >= 4 is 5.84 Å². The number of nitrogens with one attached hydrogen (secondary N) is 1. The molecule has 0 bridgehead atoms. The smallest absolute Gasteiger partial charge is 0.363 e. The molecule has 4 nitrogen and oxygen atoms in total. The summed E-state index contributed by atoms with van der Waals surface area (Å²) in [5.74, 6) is -0.00887. The number of ether oxygens (including phenoxy) is 1. The predicted octanol–water partition coefficient (Wildman–Crippen LogP) is 1.01. The summed E-state index contributed by atoms with van der Waals surface area (Å²) in [5, 5.41) is 11.4. The van der Waals surface area contributed by atoms with Gasteiger partial charge in [-0.25, -0.2) is 4.99 Å². The van der Waals surface area contributed by atoms with Crippen LogP contribution in [0, 0.1) is 0 Å². The number of nitrogens with zero attached hydrogens (tertiary/aromatic N) is 1. The third kappa shape index (κ3) is 2.23. The Morgan fingerprint density at radius 1 is 1.53 bits per heavy atom. The van der Waals surface area contributed by atoms with Crippen molar-refractivity contribution in [2.45, 2.75) is 37.9 Å². The lowest BCUT2D eigenvalue weighted by molar-refractivity contribution is -0.284. The first-order chi connectivity index (χ1) is 6.62. The fourth-order valence-electron chi connectivity index (χ4n) is 1.53. The highest BCUT2D eigenvalue weighted by Crippen LogP contribution is 2.38. The lowest BCUT2D eigenvalue weighted by atomic mass is 9.98. The highest BCUT2D eigenvalue weighted by molar-refractivity contribution is 5.81. The first-order valence-electron chi connectivity index (χ1n) is 4.31. The van der Waals surface area contributed by atoms with Crippen LogP contribution in [-0.2, 0) is 4.74 Å². The van der Waals surface area contributed by atoms with Crippen molar-refractivity contribution < 1.29 is 23.0 Å². The summed E-state index contributed by atoms with van der Waals surface area (Å²) in [6.45, 7) is 2.72. The van der Waals surface area contributed by atoms with Gasteiger partial charge in [0, 0.05) is 7.11 Å². The lowest BCUT2D eigenvalue weighted by Crippen LogP contribution is -2.64. The van der Waals surface area contributed by atoms with E-state index in [0.717, 1.165) is 0 Å². The third-order valence-electron chi connectivity index (χ3n) is 2.28. The molecule has 0 aromatic heterocycles. The monoisotopic (exact) mass is 226 g/mol. The molecule has 2 atom stereocenters. The Balaban J connectivity index is 3.05. The van der Waals surface area contributed by atoms with Crippen molar-refractivity contribution in [3.8, 4) is 0 Å². The van der Waals surface area contributed by atoms with Gasteiger partial charge in [0.15, 0.2) is 5.72 Å². The van der Waals surface area contributed by atoms with Gasteiger partial charge in [-0.3, -0.25) is 0 Å². The van der Waals surface area contributed by atoms with Crippen molar-refractivity contribution in [1.29, 1.82) is 0 Å². The Morgan fingerprint density at radius 3 is 2.47 bits per heavy atom. The zero-order chi connectivity index (χ0) is 11.9. The molecule has 1 rings (SSSR count). The topological polar surface area (TPSA) is 53.9 Å². The Hall–Kier alpha value is -0.820. The van der Waals surface area contributed by atoms with Crippen LogP contribution in [0.4, 0.5) is 13.2 Å². The minimum atomic E-state index is -4.77. The zero-order valence-corrected chi connectivity index (χ0v) is 8.64. The van der Waals surface area contributed by atoms with Crippen LogP contribution in [-0.4, -0.2) is 35.7 Å². The molecule has 15 heavy (non-hydrogen) atoms. The largest absolute Gasteiger partial charge is 0.436 e. The minimum absolute atomic E-state index is 0.00887. The number of aliphatic hydroxyl groups is 1. The molecule has 0 aliphatic carbocycles. The van der Waals surface area contributed by atoms with E-state index in [9.17, 15) is 18.3 Å². The first kappa shape index (κ1) is 12.3. The van der Waals surface area contributed by atoms with Crippen molar-refractivity contribution in [2.75, 3.05) is 7.11 Å². The maximum Gasteiger partial charge on any atom is 0.436 e. The Kier molecular flexibility index (Phi) is 2.73. The van der Waals surface area contributed by atoms with E-state index in [0.29, 0.717) is 0 Å². The van der Waals surface area contributed by atoms with Crippen molar-refractivity contribution in [3.05, 3.63) is 0 Å². The first-order valence-corrected chi connectivity index (χ1v) is 4.31. The normalized spacial score (nSPS) is 37.1. The van der Waals surface area contributed by atoms with Crippen LogP contribution < -0.4 is 5.32 Å². The van der Waals surface area contributed by atoms with Crippen molar-refractivity contribution in [1.82, 2.24) is 5.32 Å². The average Bonchev–Trinajstić information content (AvgIpc) is 1.99. The van der Waals surface area contributed by atoms with Crippen LogP contribution >= 0.6 is 0 Å². The van der Waals surface area contributed by atoms with E-state index in [4.69, 9.17) is 4.74 Å². The minimum Gasteiger partial charge on any atom is -0.363 e. The molecule has 0 spiro atoms. The van der Waals surface area contributed by atoms with Crippen molar-refractivity contribution in [2.24, 2.45) is 4.99 Å². The summed E-state index contributed by atoms with van der Waals surface area (Å²) in [5.41, 5.74) is -4.34. The third-order valence-corrected chi connectivity index (χ3v) is 2.28. The van der Waals surface area contributed by atoms with Gasteiger partial charge in [0.1, 0.15) is 0 Å². The molecule has 0 saturated heterocycles. The second kappa shape index (κ2) is 3.34. The van der Waals surface area contributed by atoms with Gasteiger partial charge >= 0.3 is 6.18 Å². The number of amidine groups is 1. The number of alkyl halides is 3. The Morgan fingerprint density at radius 2 is 2.07 bits per heavy atom. The molecular formula is C8H13F3N2O2. The van der Waals surface area contributed by atoms with Gasteiger partial charge in [-0.15, -0.1) is 0 Å². The summed E-state index contributed by atoms with van der Waals surface area (Å²) in [6, 6.07) is 0. The molecule has 88 valence electrons. The highest BCUT2D eigenvalue weighted by atomic mass is 19.4. The van der Waals surface area contributed by atoms with E-state index in [2.05, 4.69) is 4.99 Å². The van der Waals surface area contributed by atoms with Gasteiger partial charge < -0.3 is 15.2 Å².